The van der Waals surface area contributed by atoms with Gasteiger partial charge in [-0.2, -0.15) is 0 Å². The Morgan fingerprint density at radius 1 is 0.475 bits per heavy atom. The number of rotatable bonds is 10. The van der Waals surface area contributed by atoms with Crippen LogP contribution in [-0.4, -0.2) is 158 Å². The van der Waals surface area contributed by atoms with E-state index in [1.807, 2.05) is 210 Å². The van der Waals surface area contributed by atoms with Crippen molar-refractivity contribution in [1.82, 2.24) is 32.4 Å². The molecule has 10 heterocycles. The Morgan fingerprint density at radius 3 is 1.56 bits per heavy atom. The van der Waals surface area contributed by atoms with Gasteiger partial charge in [-0.25, -0.2) is 13.8 Å². The molecular formula is C92H109F2N9O19. The highest BCUT2D eigenvalue weighted by molar-refractivity contribution is 5.90. The molecule has 6 aromatic carbocycles. The Balaban J connectivity index is 0.000000149. The molecule has 28 nitrogen and oxygen atoms in total. The van der Waals surface area contributed by atoms with Crippen LogP contribution in [0, 0.1) is 78.3 Å². The minimum absolute atomic E-state index is 0.0226. The van der Waals surface area contributed by atoms with Gasteiger partial charge < -0.3 is 87.2 Å². The molecule has 8 N–H and O–H groups in total. The van der Waals surface area contributed by atoms with Crippen molar-refractivity contribution < 1.29 is 78.4 Å². The number of aliphatic hydroxyl groups is 8. The zero-order valence-electron chi connectivity index (χ0n) is 71.1. The zero-order chi connectivity index (χ0) is 89.3. The highest BCUT2D eigenvalue weighted by Gasteiger charge is 2.39. The van der Waals surface area contributed by atoms with Crippen LogP contribution in [0.5, 0.6) is 0 Å². The van der Waals surface area contributed by atoms with Gasteiger partial charge in [-0.3, -0.25) is 34.6 Å². The van der Waals surface area contributed by atoms with Gasteiger partial charge >= 0.3 is 0 Å². The summed E-state index contributed by atoms with van der Waals surface area (Å²) >= 11 is 0. The Labute approximate surface area is 703 Å². The third-order valence-electron chi connectivity index (χ3n) is 21.6. The number of aromatic nitrogens is 7. The van der Waals surface area contributed by atoms with Crippen molar-refractivity contribution >= 4 is 65.6 Å². The van der Waals surface area contributed by atoms with Gasteiger partial charge in [-0.05, 0) is 179 Å². The quantitative estimate of drug-likeness (QED) is 0.0358. The van der Waals surface area contributed by atoms with E-state index in [1.165, 1.54) is 53.7 Å². The standard InChI is InChI=1S/C17H19NO.2C14H17NO.C13H14N2O5.C13H16N2O3.C12H14F2O3.C9H12N2O5/c1-6-8-13-11-18(17(3,4)5)16(19)15-12(2)9-7-10-14(13)15;1-10-5-6-12-11(9-10)7-8-15(13(12)16)14(2,3)4;1-10-6-5-7-11-8-9-15(14(2,3)4)13(16)12(10)11;16-7-12-11(17)6-13(20-12)14-4-3-8-5-9(15(18)19)1-2-10(8)14;1-8-3-2-4-9-13(8)14-7-15(9)12-5-10(17)11(6-16)18-12;1-6-2-7(9(14)3-8(6)13)11-4-10(16)12(5-15)17-11;12-5-8-7(13)3-9(16-8)10-2-1-6(4-10)11(14)15/h7,9-11H,1-5H3;2*5-9H,1-4H3;1-5,11-13,16-17H,6-7H2;2-4,7,10-12,16-17H,5-6H2,1H3;2-3,10-12,15-16H,4-5H2,1H3;1-2,4,7-9,12-13H,3,5H2/t;;;11-,12-,13-;2*10-,11-,12-;7-,8-,9-/m...1111/s1. The van der Waals surface area contributed by atoms with Crippen molar-refractivity contribution in [2.45, 2.75) is 220 Å². The van der Waals surface area contributed by atoms with E-state index >= 15 is 0 Å². The minimum Gasteiger partial charge on any atom is -0.394 e. The first-order valence-corrected chi connectivity index (χ1v) is 40.2. The van der Waals surface area contributed by atoms with Gasteiger partial charge in [0.25, 0.3) is 28.1 Å². The average molecular weight is 1680 g/mol. The summed E-state index contributed by atoms with van der Waals surface area (Å²) in [5.74, 6) is 4.74. The summed E-state index contributed by atoms with van der Waals surface area (Å²) < 4.78 is 59.2. The molecule has 0 unspecified atom stereocenters. The van der Waals surface area contributed by atoms with E-state index in [0.29, 0.717) is 24.8 Å². The Morgan fingerprint density at radius 2 is 0.992 bits per heavy atom. The summed E-state index contributed by atoms with van der Waals surface area (Å²) in [7, 11) is 0. The molecule has 30 heteroatoms. The van der Waals surface area contributed by atoms with E-state index in [1.54, 1.807) is 38.4 Å². The third-order valence-corrected chi connectivity index (χ3v) is 21.6. The van der Waals surface area contributed by atoms with E-state index in [9.17, 15) is 63.8 Å². The first kappa shape index (κ1) is 93.3. The maximum Gasteiger partial charge on any atom is 0.286 e. The summed E-state index contributed by atoms with van der Waals surface area (Å²) in [6.45, 7) is 28.7. The van der Waals surface area contributed by atoms with E-state index in [-0.39, 0.29) is 95.5 Å². The SMILES string of the molecule is CC#Cc1cn(C(C)(C)C)c(=O)c2c(C)cccc12.Cc1cc([C@H]2C[C@@H](O)[C@@H](CO)O2)c(F)cc1F.Cc1ccc2c(=O)n(C(C)(C)C)ccc2c1.Cc1cccc2c1ncn2[C@H]1C[C@@H](O)[C@@H](CO)O1.Cc1cccc2ccn(C(C)(C)C)c(=O)c12.O=[N+]([O-])c1ccc2c(ccn2[C@H]2C[C@@H](O)[C@@H](CO)O2)c1.O=[N+]([O-])c1ccn([C@H]2C[C@@H](O)[C@@H](CO)O2)c1. The van der Waals surface area contributed by atoms with Crippen LogP contribution in [0.4, 0.5) is 20.2 Å². The van der Waals surface area contributed by atoms with Crippen LogP contribution in [0.25, 0.3) is 54.3 Å². The summed E-state index contributed by atoms with van der Waals surface area (Å²) in [5.41, 5.74) is 8.20. The molecule has 0 saturated carbocycles. The van der Waals surface area contributed by atoms with Crippen molar-refractivity contribution in [2.75, 3.05) is 26.4 Å². The highest BCUT2D eigenvalue weighted by Crippen LogP contribution is 2.38. The Kier molecular flexibility index (Phi) is 30.1. The average Bonchev–Trinajstić information content (AvgIpc) is 0.810. The zero-order valence-corrected chi connectivity index (χ0v) is 71.1. The molecule has 0 aliphatic carbocycles. The monoisotopic (exact) mass is 1680 g/mol. The first-order chi connectivity index (χ1) is 57.6. The van der Waals surface area contributed by atoms with Crippen molar-refractivity contribution in [3.05, 3.63) is 273 Å². The predicted octanol–water partition coefficient (Wildman–Crippen LogP) is 13.2. The van der Waals surface area contributed by atoms with Gasteiger partial charge in [-0.15, -0.1) is 5.92 Å². The van der Waals surface area contributed by atoms with Crippen molar-refractivity contribution in [3.8, 4) is 11.8 Å². The summed E-state index contributed by atoms with van der Waals surface area (Å²) in [6, 6.07) is 37.7. The lowest BCUT2D eigenvalue weighted by molar-refractivity contribution is -0.385. The molecule has 122 heavy (non-hydrogen) atoms. The molecule has 12 aromatic rings. The number of hydrogen-bond acceptors (Lipinski definition) is 20. The second-order valence-corrected chi connectivity index (χ2v) is 33.7. The number of nitro benzene ring substituents is 1. The van der Waals surface area contributed by atoms with Gasteiger partial charge in [0.2, 0.25) is 0 Å². The molecular weight excluding hydrogens is 1570 g/mol. The van der Waals surface area contributed by atoms with Gasteiger partial charge in [0.15, 0.2) is 0 Å². The number of aryl methyl sites for hydroxylation is 5. The molecule has 650 valence electrons. The molecule has 4 fully saturated rings. The van der Waals surface area contributed by atoms with Crippen LogP contribution in [0.1, 0.15) is 159 Å². The molecule has 4 saturated heterocycles. The number of pyridine rings is 3. The number of hydrogen-bond donors (Lipinski definition) is 8. The number of benzene rings is 6. The molecule has 6 aromatic heterocycles. The molecule has 12 atom stereocenters. The third kappa shape index (κ3) is 21.5. The number of aliphatic hydroxyl groups excluding tert-OH is 8. The van der Waals surface area contributed by atoms with E-state index in [0.717, 1.165) is 82.6 Å². The number of halogens is 2. The number of non-ortho nitro benzene ring substituents is 1. The van der Waals surface area contributed by atoms with Crippen molar-refractivity contribution in [2.24, 2.45) is 0 Å². The van der Waals surface area contributed by atoms with Gasteiger partial charge in [0.05, 0.1) is 107 Å². The molecule has 0 amide bonds. The second kappa shape index (κ2) is 39.4. The Hall–Kier alpha value is -11.0. The van der Waals surface area contributed by atoms with Crippen LogP contribution in [0.2, 0.25) is 0 Å². The number of fused-ring (bicyclic) bond motifs is 5. The first-order valence-electron chi connectivity index (χ1n) is 40.2. The van der Waals surface area contributed by atoms with E-state index < -0.39 is 82.6 Å². The lowest BCUT2D eigenvalue weighted by Crippen LogP contribution is -2.34. The fraction of sp³-hybridized carbons (Fsp3) is 0.413. The van der Waals surface area contributed by atoms with Gasteiger partial charge in [-0.1, -0.05) is 72.1 Å². The maximum absolute atomic E-state index is 13.6. The maximum atomic E-state index is 13.6. The largest absolute Gasteiger partial charge is 0.394 e. The van der Waals surface area contributed by atoms with E-state index in [2.05, 4.69) is 16.8 Å². The van der Waals surface area contributed by atoms with Crippen LogP contribution < -0.4 is 16.7 Å². The molecule has 0 bridgehead atoms. The van der Waals surface area contributed by atoms with Crippen molar-refractivity contribution in [1.29, 1.82) is 0 Å². The van der Waals surface area contributed by atoms with Gasteiger partial charge in [0.1, 0.15) is 54.7 Å². The second-order valence-electron chi connectivity index (χ2n) is 33.7. The number of para-hydroxylation sites is 1. The van der Waals surface area contributed by atoms with Crippen LogP contribution >= 0.6 is 0 Å². The highest BCUT2D eigenvalue weighted by atomic mass is 19.1. The molecule has 4 aliphatic heterocycles. The topological polar surface area (TPSA) is 379 Å². The normalized spacial score (nSPS) is 21.2. The number of nitrogens with zero attached hydrogens (tertiary/aromatic N) is 9. The number of ether oxygens (including phenoxy) is 4. The summed E-state index contributed by atoms with van der Waals surface area (Å²) in [5, 5.41) is 102. The summed E-state index contributed by atoms with van der Waals surface area (Å²) in [6.07, 6.45) is 6.34. The molecule has 16 rings (SSSR count). The van der Waals surface area contributed by atoms with Crippen LogP contribution in [0.15, 0.2) is 185 Å². The van der Waals surface area contributed by atoms with Crippen LogP contribution in [-0.2, 0) is 35.6 Å². The van der Waals surface area contributed by atoms with E-state index in [4.69, 9.17) is 39.4 Å². The summed E-state index contributed by atoms with van der Waals surface area (Å²) in [4.78, 5) is 61.9. The fourth-order valence-corrected chi connectivity index (χ4v) is 15.0. The molecule has 0 spiro atoms. The smallest absolute Gasteiger partial charge is 0.286 e. The lowest BCUT2D eigenvalue weighted by atomic mass is 10.0. The lowest BCUT2D eigenvalue weighted by Gasteiger charge is -2.23. The Bertz CT molecular complexity index is 5970. The fourth-order valence-electron chi connectivity index (χ4n) is 15.0. The number of nitro groups is 2. The van der Waals surface area contributed by atoms with Gasteiger partial charge in [0, 0.05) is 125 Å². The predicted molar refractivity (Wildman–Crippen MR) is 462 cm³/mol. The molecule has 0 radical (unpaired) electrons. The number of imidazole rings is 1. The van der Waals surface area contributed by atoms with Crippen molar-refractivity contribution in [3.63, 3.8) is 0 Å². The molecule has 4 aliphatic rings. The van der Waals surface area contributed by atoms with Crippen LogP contribution in [0.3, 0.4) is 0 Å². The minimum atomic E-state index is -0.824.